The third kappa shape index (κ3) is 3.85. The van der Waals surface area contributed by atoms with Crippen LogP contribution >= 0.6 is 0 Å². The predicted octanol–water partition coefficient (Wildman–Crippen LogP) is 3.80. The smallest absolute Gasteiger partial charge is 0.224 e. The molecule has 0 atom stereocenters. The van der Waals surface area contributed by atoms with Gasteiger partial charge in [-0.2, -0.15) is 13.2 Å². The summed E-state index contributed by atoms with van der Waals surface area (Å²) in [6.07, 6.45) is -3.96. The zero-order valence-electron chi connectivity index (χ0n) is 14.1. The van der Waals surface area contributed by atoms with Gasteiger partial charge in [0.1, 0.15) is 10.7 Å². The van der Waals surface area contributed by atoms with Gasteiger partial charge in [0, 0.05) is 17.9 Å². The fourth-order valence-electron chi connectivity index (χ4n) is 2.51. The van der Waals surface area contributed by atoms with Crippen molar-refractivity contribution in [2.45, 2.75) is 18.0 Å². The van der Waals surface area contributed by atoms with Crippen molar-refractivity contribution < 1.29 is 26.0 Å². The summed E-state index contributed by atoms with van der Waals surface area (Å²) in [5.41, 5.74) is 1.05. The molecule has 10 heteroatoms. The highest BCUT2D eigenvalue weighted by atomic mass is 32.2. The minimum absolute atomic E-state index is 0.0839. The Morgan fingerprint density at radius 2 is 1.78 bits per heavy atom. The lowest BCUT2D eigenvalue weighted by Gasteiger charge is -2.08. The van der Waals surface area contributed by atoms with Crippen LogP contribution in [0.4, 0.5) is 17.6 Å². The maximum atomic E-state index is 14.2. The summed E-state index contributed by atoms with van der Waals surface area (Å²) in [4.78, 5) is 3.00. The molecule has 0 unspecified atom stereocenters. The van der Waals surface area contributed by atoms with Gasteiger partial charge in [0.05, 0.1) is 5.69 Å². The Morgan fingerprint density at radius 1 is 1.07 bits per heavy atom. The van der Waals surface area contributed by atoms with Crippen LogP contribution in [0.5, 0.6) is 0 Å². The minimum atomic E-state index is -4.80. The summed E-state index contributed by atoms with van der Waals surface area (Å²) in [5, 5.41) is 3.46. The first-order valence-corrected chi connectivity index (χ1v) is 9.47. The average molecular weight is 399 g/mol. The number of nitrogens with zero attached hydrogens (tertiary/aromatic N) is 3. The van der Waals surface area contributed by atoms with E-state index in [1.54, 1.807) is 31.2 Å². The van der Waals surface area contributed by atoms with Crippen molar-refractivity contribution in [3.05, 3.63) is 59.7 Å². The molecule has 1 aromatic heterocycles. The Bertz CT molecular complexity index is 1120. The topological polar surface area (TPSA) is 64.8 Å². The molecule has 3 aromatic rings. The first-order chi connectivity index (χ1) is 12.5. The Morgan fingerprint density at radius 3 is 2.33 bits per heavy atom. The van der Waals surface area contributed by atoms with Crippen molar-refractivity contribution in [2.75, 3.05) is 6.26 Å². The van der Waals surface area contributed by atoms with E-state index >= 15 is 0 Å². The van der Waals surface area contributed by atoms with Crippen LogP contribution in [-0.2, 0) is 16.0 Å². The van der Waals surface area contributed by atoms with Crippen LogP contribution in [0.1, 0.15) is 11.4 Å². The van der Waals surface area contributed by atoms with E-state index in [9.17, 15) is 26.0 Å². The van der Waals surface area contributed by atoms with Crippen molar-refractivity contribution >= 4 is 9.84 Å². The molecule has 0 aliphatic rings. The summed E-state index contributed by atoms with van der Waals surface area (Å²) >= 11 is 0. The van der Waals surface area contributed by atoms with Gasteiger partial charge in [0.2, 0.25) is 0 Å². The second-order valence-corrected chi connectivity index (χ2v) is 7.91. The minimum Gasteiger partial charge on any atom is -0.224 e. The number of hydrogen-bond acceptors (Lipinski definition) is 4. The lowest BCUT2D eigenvalue weighted by molar-refractivity contribution is -0.144. The number of benzene rings is 2. The molecule has 0 saturated carbocycles. The van der Waals surface area contributed by atoms with Gasteiger partial charge in [-0.15, -0.1) is 5.10 Å². The van der Waals surface area contributed by atoms with E-state index in [1.807, 2.05) is 0 Å². The van der Waals surface area contributed by atoms with Crippen LogP contribution in [0.15, 0.2) is 47.4 Å². The number of hydrogen-bond donors (Lipinski definition) is 0. The summed E-state index contributed by atoms with van der Waals surface area (Å²) in [6, 6.07) is 9.53. The lowest BCUT2D eigenvalue weighted by Crippen LogP contribution is -2.09. The third-order valence-electron chi connectivity index (χ3n) is 3.70. The second-order valence-electron chi connectivity index (χ2n) is 5.92. The van der Waals surface area contributed by atoms with Crippen LogP contribution in [-0.4, -0.2) is 29.4 Å². The fraction of sp³-hybridized carbons (Fsp3) is 0.176. The van der Waals surface area contributed by atoms with Crippen molar-refractivity contribution in [3.8, 4) is 17.1 Å². The largest absolute Gasteiger partial charge is 0.453 e. The zero-order chi connectivity index (χ0) is 20.0. The molecule has 0 radical (unpaired) electrons. The first-order valence-electron chi connectivity index (χ1n) is 7.58. The highest BCUT2D eigenvalue weighted by Gasteiger charge is 2.37. The zero-order valence-corrected chi connectivity index (χ0v) is 14.9. The van der Waals surface area contributed by atoms with Gasteiger partial charge >= 0.3 is 6.18 Å². The van der Waals surface area contributed by atoms with Crippen LogP contribution in [0, 0.1) is 12.7 Å². The quantitative estimate of drug-likeness (QED) is 0.629. The number of rotatable bonds is 3. The molecule has 27 heavy (non-hydrogen) atoms. The van der Waals surface area contributed by atoms with E-state index in [2.05, 4.69) is 10.1 Å². The van der Waals surface area contributed by atoms with Crippen LogP contribution in [0.3, 0.4) is 0 Å². The first kappa shape index (κ1) is 19.0. The molecule has 0 amide bonds. The van der Waals surface area contributed by atoms with Gasteiger partial charge in [0.15, 0.2) is 15.7 Å². The molecule has 0 spiro atoms. The number of aromatic nitrogens is 3. The maximum Gasteiger partial charge on any atom is 0.453 e. The SMILES string of the molecule is Cc1cccc(-c2nc(C(F)(F)F)nn2-c2ccc(S(C)(=O)=O)c(F)c2)c1. The molecule has 2 aromatic carbocycles. The molecule has 5 nitrogen and oxygen atoms in total. The van der Waals surface area contributed by atoms with Gasteiger partial charge in [-0.25, -0.2) is 22.5 Å². The van der Waals surface area contributed by atoms with Crippen molar-refractivity contribution in [2.24, 2.45) is 0 Å². The molecular weight excluding hydrogens is 386 g/mol. The second kappa shape index (κ2) is 6.45. The predicted molar refractivity (Wildman–Crippen MR) is 89.6 cm³/mol. The van der Waals surface area contributed by atoms with Crippen LogP contribution < -0.4 is 0 Å². The van der Waals surface area contributed by atoms with E-state index in [-0.39, 0.29) is 11.5 Å². The number of alkyl halides is 3. The van der Waals surface area contributed by atoms with Crippen LogP contribution in [0.25, 0.3) is 17.1 Å². The summed E-state index contributed by atoms with van der Waals surface area (Å²) in [7, 11) is -3.82. The van der Waals surface area contributed by atoms with Crippen molar-refractivity contribution in [1.29, 1.82) is 0 Å². The molecule has 0 fully saturated rings. The van der Waals surface area contributed by atoms with Gasteiger partial charge in [0.25, 0.3) is 5.82 Å². The van der Waals surface area contributed by atoms with Gasteiger partial charge in [-0.05, 0) is 25.1 Å². The van der Waals surface area contributed by atoms with Crippen LogP contribution in [0.2, 0.25) is 0 Å². The highest BCUT2D eigenvalue weighted by Crippen LogP contribution is 2.31. The molecule has 0 bridgehead atoms. The number of halogens is 4. The van der Waals surface area contributed by atoms with E-state index < -0.39 is 32.6 Å². The highest BCUT2D eigenvalue weighted by molar-refractivity contribution is 7.90. The third-order valence-corrected chi connectivity index (χ3v) is 4.83. The molecule has 0 aliphatic heterocycles. The molecular formula is C17H13F4N3O2S. The van der Waals surface area contributed by atoms with E-state index in [0.29, 0.717) is 5.56 Å². The van der Waals surface area contributed by atoms with E-state index in [0.717, 1.165) is 28.6 Å². The summed E-state index contributed by atoms with van der Waals surface area (Å²) in [5.74, 6) is -2.61. The fourth-order valence-corrected chi connectivity index (χ4v) is 3.23. The van der Waals surface area contributed by atoms with Gasteiger partial charge in [-0.3, -0.25) is 0 Å². The Hall–Kier alpha value is -2.75. The Kier molecular flexibility index (Phi) is 4.54. The van der Waals surface area contributed by atoms with E-state index in [4.69, 9.17) is 0 Å². The Balaban J connectivity index is 2.23. The normalized spacial score (nSPS) is 12.4. The van der Waals surface area contributed by atoms with Crippen molar-refractivity contribution in [3.63, 3.8) is 0 Å². The van der Waals surface area contributed by atoms with E-state index in [1.165, 1.54) is 6.07 Å². The lowest BCUT2D eigenvalue weighted by atomic mass is 10.1. The standard InChI is InChI=1S/C17H13F4N3O2S/c1-10-4-3-5-11(8-10)15-22-16(17(19,20)21)23-24(15)12-6-7-14(13(18)9-12)27(2,25)26/h3-9H,1-2H3. The Labute approximate surface area is 152 Å². The molecule has 1 heterocycles. The number of aryl methyl sites for hydroxylation is 1. The average Bonchev–Trinajstić information content (AvgIpc) is 2.99. The molecule has 0 N–H and O–H groups in total. The molecule has 3 rings (SSSR count). The van der Waals surface area contributed by atoms with Gasteiger partial charge in [-0.1, -0.05) is 23.8 Å². The van der Waals surface area contributed by atoms with Crippen molar-refractivity contribution in [1.82, 2.24) is 14.8 Å². The van der Waals surface area contributed by atoms with Gasteiger partial charge < -0.3 is 0 Å². The number of sulfone groups is 1. The summed E-state index contributed by atoms with van der Waals surface area (Å²) < 4.78 is 77.4. The molecule has 142 valence electrons. The molecule has 0 saturated heterocycles. The maximum absolute atomic E-state index is 14.2. The molecule has 0 aliphatic carbocycles. The monoisotopic (exact) mass is 399 g/mol. The summed E-state index contributed by atoms with van der Waals surface area (Å²) in [6.45, 7) is 1.76.